The number of fused-ring (bicyclic) bond motifs is 1. The maximum absolute atomic E-state index is 11.5. The molecule has 0 aromatic heterocycles. The minimum absolute atomic E-state index is 0.0420. The van der Waals surface area contributed by atoms with E-state index >= 15 is 0 Å². The molecule has 2 rings (SSSR count). The average molecular weight is 503 g/mol. The first-order valence-electron chi connectivity index (χ1n) is 13.7. The third kappa shape index (κ3) is 9.63. The predicted octanol–water partition coefficient (Wildman–Crippen LogP) is 9.00. The van der Waals surface area contributed by atoms with E-state index in [2.05, 4.69) is 6.92 Å². The van der Waals surface area contributed by atoms with Crippen molar-refractivity contribution >= 4 is 22.1 Å². The van der Waals surface area contributed by atoms with Crippen LogP contribution in [-0.4, -0.2) is 21.6 Å². The number of hydrogen-bond acceptors (Lipinski definition) is 6. The van der Waals surface area contributed by atoms with E-state index in [4.69, 9.17) is 4.74 Å². The van der Waals surface area contributed by atoms with Crippen LogP contribution in [0.25, 0.3) is 10.8 Å². The lowest BCUT2D eigenvalue weighted by atomic mass is 10.0. The van der Waals surface area contributed by atoms with E-state index in [0.29, 0.717) is 6.61 Å². The van der Waals surface area contributed by atoms with Gasteiger partial charge in [0.2, 0.25) is 5.75 Å². The number of nitro benzene ring substituents is 2. The first-order valence-corrected chi connectivity index (χ1v) is 13.7. The van der Waals surface area contributed by atoms with Crippen molar-refractivity contribution in [1.82, 2.24) is 0 Å². The Morgan fingerprint density at radius 1 is 0.722 bits per heavy atom. The number of phenols is 1. The van der Waals surface area contributed by atoms with Gasteiger partial charge in [-0.25, -0.2) is 0 Å². The van der Waals surface area contributed by atoms with Crippen LogP contribution in [0.2, 0.25) is 0 Å². The molecule has 0 saturated heterocycles. The van der Waals surface area contributed by atoms with Gasteiger partial charge >= 0.3 is 5.69 Å². The molecular formula is C28H42N2O6. The lowest BCUT2D eigenvalue weighted by Crippen LogP contribution is -2.01. The van der Waals surface area contributed by atoms with Gasteiger partial charge in [-0.05, 0) is 18.6 Å². The smallest absolute Gasteiger partial charge is 0.318 e. The van der Waals surface area contributed by atoms with Crippen LogP contribution in [0.3, 0.4) is 0 Å². The second-order valence-electron chi connectivity index (χ2n) is 9.61. The number of benzene rings is 2. The Morgan fingerprint density at radius 2 is 1.19 bits per heavy atom. The van der Waals surface area contributed by atoms with E-state index in [1.807, 2.05) is 0 Å². The van der Waals surface area contributed by atoms with Crippen molar-refractivity contribution in [2.75, 3.05) is 6.61 Å². The number of nitro groups is 2. The van der Waals surface area contributed by atoms with Crippen molar-refractivity contribution in [2.24, 2.45) is 0 Å². The van der Waals surface area contributed by atoms with Crippen LogP contribution in [0, 0.1) is 20.2 Å². The van der Waals surface area contributed by atoms with Crippen molar-refractivity contribution in [3.63, 3.8) is 0 Å². The Hall–Kier alpha value is -2.90. The molecule has 0 aliphatic rings. The van der Waals surface area contributed by atoms with Crippen LogP contribution >= 0.6 is 0 Å². The van der Waals surface area contributed by atoms with Crippen molar-refractivity contribution < 1.29 is 19.7 Å². The molecule has 0 aliphatic carbocycles. The van der Waals surface area contributed by atoms with E-state index in [1.54, 1.807) is 12.1 Å². The molecule has 0 bridgehead atoms. The molecule has 0 atom stereocenters. The van der Waals surface area contributed by atoms with Crippen LogP contribution in [0.15, 0.2) is 24.3 Å². The van der Waals surface area contributed by atoms with E-state index < -0.39 is 27.0 Å². The molecule has 200 valence electrons. The molecule has 8 nitrogen and oxygen atoms in total. The highest BCUT2D eigenvalue weighted by Gasteiger charge is 2.27. The topological polar surface area (TPSA) is 116 Å². The summed E-state index contributed by atoms with van der Waals surface area (Å²) in [5.74, 6) is -0.334. The minimum atomic E-state index is -0.828. The van der Waals surface area contributed by atoms with Gasteiger partial charge in [-0.3, -0.25) is 20.2 Å². The molecule has 0 spiro atoms. The Balaban J connectivity index is 1.63. The van der Waals surface area contributed by atoms with Crippen molar-refractivity contribution in [3.05, 3.63) is 44.5 Å². The molecule has 1 N–H and O–H groups in total. The fraction of sp³-hybridized carbons (Fsp3) is 0.643. The summed E-state index contributed by atoms with van der Waals surface area (Å²) in [6.45, 7) is 2.65. The second-order valence-corrected chi connectivity index (χ2v) is 9.61. The van der Waals surface area contributed by atoms with Gasteiger partial charge in [0.1, 0.15) is 11.1 Å². The molecule has 0 fully saturated rings. The second kappa shape index (κ2) is 16.7. The molecule has 8 heteroatoms. The number of aromatic hydroxyl groups is 1. The maximum atomic E-state index is 11.5. The molecular weight excluding hydrogens is 460 g/mol. The predicted molar refractivity (Wildman–Crippen MR) is 144 cm³/mol. The van der Waals surface area contributed by atoms with Gasteiger partial charge in [0.25, 0.3) is 5.69 Å². The number of unbranched alkanes of at least 4 members (excludes halogenated alkanes) is 15. The van der Waals surface area contributed by atoms with Crippen molar-refractivity contribution in [2.45, 2.75) is 110 Å². The zero-order chi connectivity index (χ0) is 26.2. The Morgan fingerprint density at radius 3 is 1.67 bits per heavy atom. The van der Waals surface area contributed by atoms with Crippen molar-refractivity contribution in [1.29, 1.82) is 0 Å². The summed E-state index contributed by atoms with van der Waals surface area (Å²) < 4.78 is 5.80. The number of rotatable bonds is 20. The zero-order valence-corrected chi connectivity index (χ0v) is 21.7. The van der Waals surface area contributed by atoms with Gasteiger partial charge in [0.15, 0.2) is 0 Å². The van der Waals surface area contributed by atoms with Gasteiger partial charge in [0.05, 0.1) is 22.5 Å². The SMILES string of the molecule is CCCCCCCCCCCCCCCCCCOc1cccc2c(O)c([N+](=O)[O-])cc([N+](=O)[O-])c12. The Bertz CT molecular complexity index is 963. The third-order valence-corrected chi connectivity index (χ3v) is 6.70. The Kier molecular flexibility index (Phi) is 13.6. The van der Waals surface area contributed by atoms with Gasteiger partial charge in [-0.2, -0.15) is 0 Å². The summed E-state index contributed by atoms with van der Waals surface area (Å²) in [4.78, 5) is 21.2. The minimum Gasteiger partial charge on any atom is -0.502 e. The zero-order valence-electron chi connectivity index (χ0n) is 21.7. The number of hydrogen-bond donors (Lipinski definition) is 1. The fourth-order valence-electron chi connectivity index (χ4n) is 4.64. The summed E-state index contributed by atoms with van der Waals surface area (Å²) in [7, 11) is 0. The lowest BCUT2D eigenvalue weighted by Gasteiger charge is -2.11. The average Bonchev–Trinajstić information content (AvgIpc) is 2.86. The highest BCUT2D eigenvalue weighted by molar-refractivity contribution is 6.02. The number of phenolic OH excluding ortho intramolecular Hbond substituents is 1. The molecule has 0 aliphatic heterocycles. The molecule has 2 aromatic rings. The van der Waals surface area contributed by atoms with Gasteiger partial charge in [0, 0.05) is 5.39 Å². The number of nitrogens with zero attached hydrogens (tertiary/aromatic N) is 2. The lowest BCUT2D eigenvalue weighted by molar-refractivity contribution is -0.393. The summed E-state index contributed by atoms with van der Waals surface area (Å²) in [5.41, 5.74) is -1.14. The number of ether oxygens (including phenoxy) is 1. The fourth-order valence-corrected chi connectivity index (χ4v) is 4.64. The van der Waals surface area contributed by atoms with E-state index in [-0.39, 0.29) is 16.5 Å². The third-order valence-electron chi connectivity index (χ3n) is 6.70. The van der Waals surface area contributed by atoms with Gasteiger partial charge in [-0.15, -0.1) is 0 Å². The number of non-ortho nitro benzene ring substituents is 1. The quantitative estimate of drug-likeness (QED) is 0.110. The van der Waals surface area contributed by atoms with Gasteiger partial charge in [-0.1, -0.05) is 109 Å². The maximum Gasteiger partial charge on any atom is 0.318 e. The largest absolute Gasteiger partial charge is 0.502 e. The van der Waals surface area contributed by atoms with Crippen LogP contribution < -0.4 is 4.74 Å². The highest BCUT2D eigenvalue weighted by Crippen LogP contribution is 2.44. The molecule has 0 radical (unpaired) electrons. The van der Waals surface area contributed by atoms with Crippen LogP contribution in [0.4, 0.5) is 11.4 Å². The summed E-state index contributed by atoms with van der Waals surface area (Å²) >= 11 is 0. The monoisotopic (exact) mass is 502 g/mol. The summed E-state index contributed by atoms with van der Waals surface area (Å²) in [6, 6.07) is 5.37. The first-order chi connectivity index (χ1) is 17.5. The van der Waals surface area contributed by atoms with E-state index in [9.17, 15) is 25.3 Å². The van der Waals surface area contributed by atoms with Crippen LogP contribution in [0.5, 0.6) is 11.5 Å². The molecule has 0 unspecified atom stereocenters. The van der Waals surface area contributed by atoms with Crippen molar-refractivity contribution in [3.8, 4) is 11.5 Å². The summed E-state index contributed by atoms with van der Waals surface area (Å²) in [6.07, 6.45) is 20.4. The molecule has 0 amide bonds. The van der Waals surface area contributed by atoms with E-state index in [0.717, 1.165) is 25.3 Å². The molecule has 0 heterocycles. The standard InChI is InChI=1S/C28H42N2O6/c1-2-3-4-5-6-7-8-9-10-11-12-13-14-15-16-17-21-36-26-20-18-19-23-27(26)24(29(32)33)22-25(28(23)31)30(34)35/h18-20,22,31H,2-17,21H2,1H3. The molecule has 36 heavy (non-hydrogen) atoms. The molecule has 0 saturated carbocycles. The van der Waals surface area contributed by atoms with Crippen LogP contribution in [-0.2, 0) is 0 Å². The van der Waals surface area contributed by atoms with Gasteiger partial charge < -0.3 is 9.84 Å². The highest BCUT2D eigenvalue weighted by atomic mass is 16.6. The Labute approximate surface area is 214 Å². The normalized spacial score (nSPS) is 11.1. The molecule has 2 aromatic carbocycles. The summed E-state index contributed by atoms with van der Waals surface area (Å²) in [5, 5.41) is 33.1. The van der Waals surface area contributed by atoms with E-state index in [1.165, 1.54) is 89.5 Å². The van der Waals surface area contributed by atoms with Crippen LogP contribution in [0.1, 0.15) is 110 Å². The first kappa shape index (κ1) is 29.3.